The predicted octanol–water partition coefficient (Wildman–Crippen LogP) is 3.00. The van der Waals surface area contributed by atoms with Gasteiger partial charge in [-0.15, -0.1) is 0 Å². The standard InChI is InChI=1S/C15H10NO/c17-15-13(11-6-2-1-3-7-11)10-12-8-4-5-9-14(12)16-15/h1-2,4-10H,(H,16,17). The lowest BCUT2D eigenvalue weighted by Gasteiger charge is -2.02. The molecule has 2 aromatic carbocycles. The quantitative estimate of drug-likeness (QED) is 0.671. The highest BCUT2D eigenvalue weighted by molar-refractivity contribution is 5.83. The SMILES string of the molecule is O=c1[nH]c2ccccc2cc1-c1c[c]ccc1. The van der Waals surface area contributed by atoms with Crippen LogP contribution in [0.2, 0.25) is 0 Å². The van der Waals surface area contributed by atoms with Gasteiger partial charge < -0.3 is 4.98 Å². The summed E-state index contributed by atoms with van der Waals surface area (Å²) in [6.45, 7) is 0. The molecule has 0 saturated heterocycles. The normalized spacial score (nSPS) is 10.6. The molecule has 1 heterocycles. The molecule has 0 unspecified atom stereocenters. The van der Waals surface area contributed by atoms with Crippen molar-refractivity contribution in [3.05, 3.63) is 71.0 Å². The second kappa shape index (κ2) is 3.91. The molecule has 1 aromatic heterocycles. The zero-order valence-electron chi connectivity index (χ0n) is 9.10. The number of aromatic nitrogens is 1. The lowest BCUT2D eigenvalue weighted by atomic mass is 10.1. The Morgan fingerprint density at radius 1 is 1.06 bits per heavy atom. The van der Waals surface area contributed by atoms with Crippen LogP contribution >= 0.6 is 0 Å². The van der Waals surface area contributed by atoms with Crippen LogP contribution in [0, 0.1) is 6.07 Å². The van der Waals surface area contributed by atoms with E-state index in [1.807, 2.05) is 54.6 Å². The molecule has 0 aliphatic carbocycles. The van der Waals surface area contributed by atoms with Gasteiger partial charge in [-0.05, 0) is 35.2 Å². The minimum absolute atomic E-state index is 0.0664. The maximum Gasteiger partial charge on any atom is 0.256 e. The summed E-state index contributed by atoms with van der Waals surface area (Å²) in [5.41, 5.74) is 2.37. The molecule has 0 aliphatic heterocycles. The minimum Gasteiger partial charge on any atom is -0.321 e. The molecule has 3 rings (SSSR count). The van der Waals surface area contributed by atoms with Gasteiger partial charge in [-0.2, -0.15) is 0 Å². The smallest absolute Gasteiger partial charge is 0.256 e. The van der Waals surface area contributed by atoms with Crippen LogP contribution in [-0.2, 0) is 0 Å². The summed E-state index contributed by atoms with van der Waals surface area (Å²) in [5.74, 6) is 0. The number of benzene rings is 2. The number of para-hydroxylation sites is 1. The van der Waals surface area contributed by atoms with E-state index < -0.39 is 0 Å². The van der Waals surface area contributed by atoms with Crippen molar-refractivity contribution in [3.63, 3.8) is 0 Å². The van der Waals surface area contributed by atoms with Gasteiger partial charge in [-0.1, -0.05) is 36.4 Å². The monoisotopic (exact) mass is 220 g/mol. The summed E-state index contributed by atoms with van der Waals surface area (Å²) in [5, 5.41) is 1.03. The third kappa shape index (κ3) is 1.74. The molecule has 0 aliphatic rings. The summed E-state index contributed by atoms with van der Waals surface area (Å²) in [4.78, 5) is 14.9. The van der Waals surface area contributed by atoms with E-state index in [4.69, 9.17) is 0 Å². The molecule has 17 heavy (non-hydrogen) atoms. The summed E-state index contributed by atoms with van der Waals surface area (Å²) >= 11 is 0. The summed E-state index contributed by atoms with van der Waals surface area (Å²) in [6, 6.07) is 20.1. The van der Waals surface area contributed by atoms with Crippen molar-refractivity contribution in [3.8, 4) is 11.1 Å². The van der Waals surface area contributed by atoms with E-state index in [0.29, 0.717) is 5.56 Å². The van der Waals surface area contributed by atoms with Gasteiger partial charge in [-0.3, -0.25) is 4.79 Å². The fourth-order valence-corrected chi connectivity index (χ4v) is 1.92. The Labute approximate surface area is 98.6 Å². The van der Waals surface area contributed by atoms with Crippen molar-refractivity contribution in [2.45, 2.75) is 0 Å². The van der Waals surface area contributed by atoms with Crippen molar-refractivity contribution in [2.75, 3.05) is 0 Å². The Kier molecular flexibility index (Phi) is 2.26. The molecule has 81 valence electrons. The molecule has 2 heteroatoms. The lowest BCUT2D eigenvalue weighted by molar-refractivity contribution is 1.31. The van der Waals surface area contributed by atoms with E-state index in [0.717, 1.165) is 16.5 Å². The molecule has 1 radical (unpaired) electrons. The largest absolute Gasteiger partial charge is 0.321 e. The van der Waals surface area contributed by atoms with E-state index in [2.05, 4.69) is 11.1 Å². The number of nitrogens with one attached hydrogen (secondary N) is 1. The van der Waals surface area contributed by atoms with Gasteiger partial charge in [0.15, 0.2) is 0 Å². The zero-order valence-corrected chi connectivity index (χ0v) is 9.10. The van der Waals surface area contributed by atoms with E-state index >= 15 is 0 Å². The van der Waals surface area contributed by atoms with Crippen LogP contribution in [0.5, 0.6) is 0 Å². The van der Waals surface area contributed by atoms with Crippen LogP contribution in [0.1, 0.15) is 0 Å². The molecule has 1 N–H and O–H groups in total. The van der Waals surface area contributed by atoms with Crippen molar-refractivity contribution in [1.29, 1.82) is 0 Å². The molecule has 2 nitrogen and oxygen atoms in total. The predicted molar refractivity (Wildman–Crippen MR) is 68.8 cm³/mol. The Morgan fingerprint density at radius 3 is 2.76 bits per heavy atom. The summed E-state index contributed by atoms with van der Waals surface area (Å²) in [6.07, 6.45) is 0. The van der Waals surface area contributed by atoms with Gasteiger partial charge in [0.2, 0.25) is 0 Å². The Bertz CT molecular complexity index is 714. The highest BCUT2D eigenvalue weighted by Crippen LogP contribution is 2.18. The van der Waals surface area contributed by atoms with Crippen molar-refractivity contribution in [1.82, 2.24) is 4.98 Å². The number of hydrogen-bond donors (Lipinski definition) is 1. The molecule has 0 saturated carbocycles. The van der Waals surface area contributed by atoms with Crippen molar-refractivity contribution in [2.24, 2.45) is 0 Å². The lowest BCUT2D eigenvalue weighted by Crippen LogP contribution is -2.08. The molecular weight excluding hydrogens is 210 g/mol. The molecule has 3 aromatic rings. The first-order valence-electron chi connectivity index (χ1n) is 5.43. The first kappa shape index (κ1) is 9.85. The summed E-state index contributed by atoms with van der Waals surface area (Å²) < 4.78 is 0. The minimum atomic E-state index is -0.0664. The molecule has 0 atom stereocenters. The molecule has 0 amide bonds. The Morgan fingerprint density at radius 2 is 1.94 bits per heavy atom. The van der Waals surface area contributed by atoms with Crippen LogP contribution in [0.25, 0.3) is 22.0 Å². The van der Waals surface area contributed by atoms with Gasteiger partial charge in [0.25, 0.3) is 5.56 Å². The maximum atomic E-state index is 12.0. The van der Waals surface area contributed by atoms with Crippen LogP contribution in [0.3, 0.4) is 0 Å². The highest BCUT2D eigenvalue weighted by Gasteiger charge is 2.04. The van der Waals surface area contributed by atoms with Crippen molar-refractivity contribution < 1.29 is 0 Å². The number of hydrogen-bond acceptors (Lipinski definition) is 1. The molecule has 0 bridgehead atoms. The second-order valence-corrected chi connectivity index (χ2v) is 3.89. The fraction of sp³-hybridized carbons (Fsp3) is 0. The van der Waals surface area contributed by atoms with Gasteiger partial charge in [-0.25, -0.2) is 0 Å². The van der Waals surface area contributed by atoms with Gasteiger partial charge in [0.1, 0.15) is 0 Å². The fourth-order valence-electron chi connectivity index (χ4n) is 1.92. The number of aromatic amines is 1. The van der Waals surface area contributed by atoms with Gasteiger partial charge in [0.05, 0.1) is 0 Å². The topological polar surface area (TPSA) is 32.9 Å². The average Bonchev–Trinajstić information content (AvgIpc) is 2.39. The van der Waals surface area contributed by atoms with Crippen molar-refractivity contribution >= 4 is 10.9 Å². The molecular formula is C15H10NO. The van der Waals surface area contributed by atoms with Crippen LogP contribution < -0.4 is 5.56 Å². The van der Waals surface area contributed by atoms with Crippen LogP contribution in [-0.4, -0.2) is 4.98 Å². The van der Waals surface area contributed by atoms with Crippen LogP contribution in [0.15, 0.2) is 59.4 Å². The van der Waals surface area contributed by atoms with E-state index in [1.165, 1.54) is 0 Å². The summed E-state index contributed by atoms with van der Waals surface area (Å²) in [7, 11) is 0. The first-order valence-corrected chi connectivity index (χ1v) is 5.43. The Balaban J connectivity index is 2.31. The van der Waals surface area contributed by atoms with Gasteiger partial charge in [0, 0.05) is 11.1 Å². The zero-order chi connectivity index (χ0) is 11.7. The number of H-pyrrole nitrogens is 1. The first-order chi connectivity index (χ1) is 8.34. The Hall–Kier alpha value is -2.35. The maximum absolute atomic E-state index is 12.0. The van der Waals surface area contributed by atoms with Gasteiger partial charge >= 0.3 is 0 Å². The highest BCUT2D eigenvalue weighted by atomic mass is 16.1. The van der Waals surface area contributed by atoms with E-state index in [1.54, 1.807) is 0 Å². The molecule has 0 spiro atoms. The third-order valence-corrected chi connectivity index (χ3v) is 2.77. The van der Waals surface area contributed by atoms with E-state index in [9.17, 15) is 4.79 Å². The average molecular weight is 220 g/mol. The number of rotatable bonds is 1. The number of pyridine rings is 1. The third-order valence-electron chi connectivity index (χ3n) is 2.77. The second-order valence-electron chi connectivity index (χ2n) is 3.89. The van der Waals surface area contributed by atoms with Crippen LogP contribution in [0.4, 0.5) is 0 Å². The number of fused-ring (bicyclic) bond motifs is 1. The van der Waals surface area contributed by atoms with E-state index in [-0.39, 0.29) is 5.56 Å². The molecule has 0 fully saturated rings.